The minimum atomic E-state index is -5.00. The molecule has 0 aliphatic heterocycles. The number of phosphoric ester groups is 1. The van der Waals surface area contributed by atoms with Crippen LogP contribution in [-0.2, 0) is 37.5 Å². The van der Waals surface area contributed by atoms with Crippen molar-refractivity contribution in [3.63, 3.8) is 0 Å². The number of aliphatic carboxylic acids is 1. The molecule has 11 nitrogen and oxygen atoms in total. The van der Waals surface area contributed by atoms with Crippen molar-refractivity contribution >= 4 is 25.7 Å². The monoisotopic (exact) mass is 901 g/mol. The first kappa shape index (κ1) is 61.4. The van der Waals surface area contributed by atoms with Crippen molar-refractivity contribution in [2.24, 2.45) is 0 Å². The molecule has 0 radical (unpaired) electrons. The number of hydrogen-bond acceptors (Lipinski definition) is 10. The summed E-state index contributed by atoms with van der Waals surface area (Å²) in [5.41, 5.74) is 3.23. The van der Waals surface area contributed by atoms with E-state index in [1.807, 2.05) is 36.5 Å². The summed E-state index contributed by atoms with van der Waals surface area (Å²) >= 11 is 0. The van der Waals surface area contributed by atoms with Crippen LogP contribution in [0.1, 0.15) is 117 Å². The molecule has 0 rings (SSSR count). The molecule has 0 saturated carbocycles. The molecule has 0 aromatic rings. The van der Waals surface area contributed by atoms with Crippen LogP contribution in [0, 0.1) is 0 Å². The average molecular weight is 902 g/mol. The van der Waals surface area contributed by atoms with Crippen molar-refractivity contribution < 1.29 is 82.8 Å². The van der Waals surface area contributed by atoms with Crippen molar-refractivity contribution in [2.75, 3.05) is 19.8 Å². The first-order valence-electron chi connectivity index (χ1n) is 21.9. The van der Waals surface area contributed by atoms with Crippen LogP contribution in [0.25, 0.3) is 0 Å². The third kappa shape index (κ3) is 46.2. The van der Waals surface area contributed by atoms with E-state index in [0.29, 0.717) is 25.7 Å². The number of quaternary nitrogens is 1. The maximum absolute atomic E-state index is 12.6. The predicted octanol–water partition coefficient (Wildman–Crippen LogP) is 6.26. The first-order chi connectivity index (χ1) is 30.1. The third-order valence-electron chi connectivity index (χ3n) is 8.14. The van der Waals surface area contributed by atoms with E-state index in [1.54, 1.807) is 0 Å². The van der Waals surface area contributed by atoms with Gasteiger partial charge in [-0.2, -0.15) is 0 Å². The number of carboxylic acids is 1. The number of carbonyl (C=O) groups is 3. The van der Waals surface area contributed by atoms with Gasteiger partial charge in [-0.25, -0.2) is 0 Å². The van der Waals surface area contributed by atoms with Gasteiger partial charge in [0.25, 0.3) is 7.82 Å². The van der Waals surface area contributed by atoms with Crippen molar-refractivity contribution in [1.82, 2.24) is 0 Å². The molecule has 0 bridgehead atoms. The molecule has 0 fully saturated rings. The minimum absolute atomic E-state index is 0. The van der Waals surface area contributed by atoms with Gasteiger partial charge in [0.1, 0.15) is 25.2 Å². The van der Waals surface area contributed by atoms with Crippen molar-refractivity contribution in [3.8, 4) is 0 Å². The van der Waals surface area contributed by atoms with E-state index >= 15 is 0 Å². The molecule has 0 aromatic carbocycles. The fourth-order valence-electron chi connectivity index (χ4n) is 4.76. The largest absolute Gasteiger partial charge is 1.00 e. The number of phosphoric acid groups is 1. The van der Waals surface area contributed by atoms with Crippen LogP contribution >= 0.6 is 7.82 Å². The number of ether oxygens (including phenoxy) is 2. The van der Waals surface area contributed by atoms with Gasteiger partial charge < -0.3 is 39.0 Å². The smallest absolute Gasteiger partial charge is 0.756 e. The summed E-state index contributed by atoms with van der Waals surface area (Å²) in [6, 6.07) is -1.45. The molecule has 13 heteroatoms. The first-order valence-corrected chi connectivity index (χ1v) is 23.4. The Morgan fingerprint density at radius 1 is 0.492 bits per heavy atom. The molecule has 0 spiro atoms. The summed E-state index contributed by atoms with van der Waals surface area (Å²) in [5.74, 6) is -2.82. The van der Waals surface area contributed by atoms with Gasteiger partial charge in [0.15, 0.2) is 6.10 Å². The van der Waals surface area contributed by atoms with E-state index in [-0.39, 0.29) is 42.4 Å². The third-order valence-corrected chi connectivity index (χ3v) is 9.07. The van der Waals surface area contributed by atoms with E-state index in [2.05, 4.69) is 133 Å². The fraction of sp³-hybridized carbons (Fsp3) is 0.460. The topological polar surface area (TPSA) is 179 Å². The van der Waals surface area contributed by atoms with Crippen molar-refractivity contribution in [1.29, 1.82) is 0 Å². The average Bonchev–Trinajstić information content (AvgIpc) is 3.25. The minimum Gasteiger partial charge on any atom is -0.756 e. The van der Waals surface area contributed by atoms with Crippen LogP contribution in [0.2, 0.25) is 0 Å². The maximum atomic E-state index is 12.6. The molecule has 0 heterocycles. The normalized spacial score (nSPS) is 14.8. The second-order valence-electron chi connectivity index (χ2n) is 13.8. The molecular formula is C50H73NNaO10P. The van der Waals surface area contributed by atoms with Gasteiger partial charge in [0.05, 0.1) is 6.61 Å². The number of allylic oxidation sites excluding steroid dienone is 24. The molecule has 0 aliphatic rings. The Morgan fingerprint density at radius 2 is 0.794 bits per heavy atom. The number of rotatable bonds is 38. The van der Waals surface area contributed by atoms with E-state index in [1.165, 1.54) is 0 Å². The summed E-state index contributed by atoms with van der Waals surface area (Å²) < 4.78 is 32.2. The van der Waals surface area contributed by atoms with Gasteiger partial charge in [0.2, 0.25) is 0 Å². The maximum Gasteiger partial charge on any atom is 1.00 e. The Labute approximate surface area is 400 Å². The number of carboxylic acid groups (broad SMARTS) is 1. The van der Waals surface area contributed by atoms with E-state index < -0.39 is 57.7 Å². The SMILES string of the molecule is CC/C=C\C/C=C\C/C=C\C/C=C\C/C=C\C/C=C\CCC(=O)OC[C@H](COP(=O)([O-])OC[C@H]([NH3+])C(=O)[O-])OC(=O)CC/C=C\C/C=C\C/C=C\C/C=C\C/C=C\C/C=C\CC.[Na+]. The van der Waals surface area contributed by atoms with Crippen molar-refractivity contribution in [3.05, 3.63) is 146 Å². The zero-order valence-electron chi connectivity index (χ0n) is 38.2. The van der Waals surface area contributed by atoms with Gasteiger partial charge >= 0.3 is 41.5 Å². The summed E-state index contributed by atoms with van der Waals surface area (Å²) in [7, 11) is -5.00. The van der Waals surface area contributed by atoms with Gasteiger partial charge in [0, 0.05) is 12.8 Å². The second-order valence-corrected chi connectivity index (χ2v) is 15.2. The molecule has 0 aromatic heterocycles. The zero-order chi connectivity index (χ0) is 45.6. The molecule has 0 amide bonds. The molecular weight excluding hydrogens is 829 g/mol. The van der Waals surface area contributed by atoms with Crippen LogP contribution in [0.5, 0.6) is 0 Å². The Kier molecular flexibility index (Phi) is 45.2. The predicted molar refractivity (Wildman–Crippen MR) is 247 cm³/mol. The van der Waals surface area contributed by atoms with Crippen LogP contribution in [0.4, 0.5) is 0 Å². The molecule has 3 atom stereocenters. The molecule has 3 N–H and O–H groups in total. The zero-order valence-corrected chi connectivity index (χ0v) is 41.1. The van der Waals surface area contributed by atoms with Crippen LogP contribution in [-0.4, -0.2) is 49.9 Å². The Hall–Kier alpha value is -3.64. The van der Waals surface area contributed by atoms with Crippen LogP contribution in [0.3, 0.4) is 0 Å². The van der Waals surface area contributed by atoms with Gasteiger partial charge in [-0.3, -0.25) is 14.2 Å². The number of esters is 2. The van der Waals surface area contributed by atoms with E-state index in [0.717, 1.165) is 64.2 Å². The van der Waals surface area contributed by atoms with E-state index in [4.69, 9.17) is 14.0 Å². The molecule has 63 heavy (non-hydrogen) atoms. The van der Waals surface area contributed by atoms with Gasteiger partial charge in [-0.05, 0) is 89.9 Å². The van der Waals surface area contributed by atoms with Gasteiger partial charge in [-0.15, -0.1) is 0 Å². The standard InChI is InChI=1S/C50H74NO10P.Na/c1-3-5-7-9-11-13-15-17-19-21-23-25-27-29-31-33-35-37-39-41-48(52)58-43-46(44-59-62(56,57)60-45-47(51)50(54)55)61-49(53)42-40-38-36-34-32-30-28-26-24-22-20-18-16-14-12-10-8-6-4-2;/h5-8,11-14,17-20,23-26,29-32,35-38,46-47H,3-4,9-10,15-16,21-22,27-28,33-34,39-45,51H2,1-2H3,(H,54,55)(H,56,57);/q;+1/p-1/b7-5-,8-6-,13-11-,14-12-,19-17-,20-18-,25-23-,26-24-,31-29-,32-30-,37-35-,38-36-;/t46-,47+;/m1./s1. The molecule has 0 aliphatic carbocycles. The summed E-state index contributed by atoms with van der Waals surface area (Å²) in [4.78, 5) is 48.0. The number of carbonyl (C=O) groups excluding carboxylic acids is 3. The second kappa shape index (κ2) is 46.4. The molecule has 344 valence electrons. The Balaban J connectivity index is 0. The summed E-state index contributed by atoms with van der Waals surface area (Å²) in [6.07, 6.45) is 60.7. The number of hydrogen-bond donors (Lipinski definition) is 1. The van der Waals surface area contributed by atoms with E-state index in [9.17, 15) is 28.9 Å². The quantitative estimate of drug-likeness (QED) is 0.0322. The summed E-state index contributed by atoms with van der Waals surface area (Å²) in [5, 5.41) is 10.9. The molecule has 0 saturated heterocycles. The fourth-order valence-corrected chi connectivity index (χ4v) is 5.55. The Morgan fingerprint density at radius 3 is 1.13 bits per heavy atom. The van der Waals surface area contributed by atoms with Crippen LogP contribution in [0.15, 0.2) is 146 Å². The summed E-state index contributed by atoms with van der Waals surface area (Å²) in [6.45, 7) is 2.29. The van der Waals surface area contributed by atoms with Gasteiger partial charge in [-0.1, -0.05) is 160 Å². The van der Waals surface area contributed by atoms with Crippen LogP contribution < -0.4 is 45.3 Å². The Bertz CT molecular complexity index is 1600. The van der Waals surface area contributed by atoms with Crippen molar-refractivity contribution in [2.45, 2.75) is 129 Å². The molecule has 1 unspecified atom stereocenters.